The van der Waals surface area contributed by atoms with Crippen LogP contribution >= 0.6 is 7.60 Å². The molecule has 0 fully saturated rings. The highest BCUT2D eigenvalue weighted by Gasteiger charge is 2.24. The van der Waals surface area contributed by atoms with Crippen molar-refractivity contribution in [3.05, 3.63) is 71.8 Å². The fraction of sp³-hybridized carbons (Fsp3) is 0.143. The molecule has 2 aromatic rings. The molecule has 2 N–H and O–H groups in total. The molecule has 2 rings (SSSR count). The first-order chi connectivity index (χ1) is 8.56. The lowest BCUT2D eigenvalue weighted by Crippen LogP contribution is -2.06. The fourth-order valence-electron chi connectivity index (χ4n) is 2.01. The van der Waals surface area contributed by atoms with E-state index in [9.17, 15) is 14.4 Å². The summed E-state index contributed by atoms with van der Waals surface area (Å²) in [5.41, 5.74) is 1.85. The van der Waals surface area contributed by atoms with Gasteiger partial charge in [-0.25, -0.2) is 0 Å². The first kappa shape index (κ1) is 13.0. The highest BCUT2D eigenvalue weighted by molar-refractivity contribution is 7.51. The van der Waals surface area contributed by atoms with E-state index in [4.69, 9.17) is 0 Å². The van der Waals surface area contributed by atoms with Gasteiger partial charge in [0, 0.05) is 5.92 Å². The summed E-state index contributed by atoms with van der Waals surface area (Å²) in [4.78, 5) is 18.4. The molecule has 0 aromatic heterocycles. The number of hydrogen-bond acceptors (Lipinski definition) is 1. The molecule has 0 unspecified atom stereocenters. The summed E-state index contributed by atoms with van der Waals surface area (Å²) in [6.07, 6.45) is -0.166. The largest absolute Gasteiger partial charge is 0.326 e. The van der Waals surface area contributed by atoms with Crippen LogP contribution in [-0.4, -0.2) is 15.9 Å². The van der Waals surface area contributed by atoms with Gasteiger partial charge in [-0.05, 0) is 11.1 Å². The Morgan fingerprint density at radius 3 is 1.56 bits per heavy atom. The first-order valence-electron chi connectivity index (χ1n) is 5.71. The zero-order valence-corrected chi connectivity index (χ0v) is 10.7. The van der Waals surface area contributed by atoms with E-state index in [0.29, 0.717) is 0 Å². The van der Waals surface area contributed by atoms with Crippen LogP contribution in [0.5, 0.6) is 0 Å². The average Bonchev–Trinajstić information content (AvgIpc) is 2.37. The highest BCUT2D eigenvalue weighted by Crippen LogP contribution is 2.42. The summed E-state index contributed by atoms with van der Waals surface area (Å²) in [5.74, 6) is -0.270. The quantitative estimate of drug-likeness (QED) is 0.833. The third-order valence-electron chi connectivity index (χ3n) is 2.82. The maximum atomic E-state index is 11.3. The average molecular weight is 262 g/mol. The van der Waals surface area contributed by atoms with Crippen molar-refractivity contribution in [2.24, 2.45) is 0 Å². The van der Waals surface area contributed by atoms with E-state index in [1.807, 2.05) is 60.7 Å². The normalized spacial score (nSPS) is 11.7. The van der Waals surface area contributed by atoms with Crippen LogP contribution < -0.4 is 0 Å². The van der Waals surface area contributed by atoms with E-state index >= 15 is 0 Å². The summed E-state index contributed by atoms with van der Waals surface area (Å²) in [6, 6.07) is 18.9. The molecular weight excluding hydrogens is 247 g/mol. The van der Waals surface area contributed by atoms with Gasteiger partial charge >= 0.3 is 7.60 Å². The molecule has 0 heterocycles. The molecule has 0 aliphatic heterocycles. The van der Waals surface area contributed by atoms with Crippen molar-refractivity contribution in [1.29, 1.82) is 0 Å². The topological polar surface area (TPSA) is 57.5 Å². The monoisotopic (exact) mass is 262 g/mol. The van der Waals surface area contributed by atoms with Gasteiger partial charge in [0.05, 0.1) is 6.16 Å². The van der Waals surface area contributed by atoms with Crippen molar-refractivity contribution >= 4 is 7.60 Å². The summed E-state index contributed by atoms with van der Waals surface area (Å²) in [7, 11) is -4.05. The van der Waals surface area contributed by atoms with Gasteiger partial charge in [-0.2, -0.15) is 0 Å². The molecule has 0 radical (unpaired) electrons. The van der Waals surface area contributed by atoms with Gasteiger partial charge < -0.3 is 9.79 Å². The Morgan fingerprint density at radius 2 is 1.22 bits per heavy atom. The number of benzene rings is 2. The van der Waals surface area contributed by atoms with Crippen molar-refractivity contribution < 1.29 is 14.4 Å². The van der Waals surface area contributed by atoms with Gasteiger partial charge in [-0.3, -0.25) is 4.57 Å². The molecule has 4 heteroatoms. The van der Waals surface area contributed by atoms with E-state index in [0.717, 1.165) is 11.1 Å². The SMILES string of the molecule is O=P(O)(O)CC(c1ccccc1)c1ccccc1. The third kappa shape index (κ3) is 3.54. The summed E-state index contributed by atoms with van der Waals surface area (Å²) < 4.78 is 11.3. The second-order valence-electron chi connectivity index (χ2n) is 4.22. The Morgan fingerprint density at radius 1 is 0.833 bits per heavy atom. The maximum Gasteiger partial charge on any atom is 0.326 e. The Hall–Kier alpha value is -1.41. The van der Waals surface area contributed by atoms with Gasteiger partial charge in [-0.15, -0.1) is 0 Å². The summed E-state index contributed by atoms with van der Waals surface area (Å²) in [6.45, 7) is 0. The lowest BCUT2D eigenvalue weighted by molar-refractivity contribution is 0.371. The Kier molecular flexibility index (Phi) is 3.97. The minimum Gasteiger partial charge on any atom is -0.324 e. The van der Waals surface area contributed by atoms with Crippen LogP contribution in [0.15, 0.2) is 60.7 Å². The molecule has 0 atom stereocenters. The molecule has 0 saturated carbocycles. The number of rotatable bonds is 4. The predicted octanol–water partition coefficient (Wildman–Crippen LogP) is 3.00. The first-order valence-corrected chi connectivity index (χ1v) is 7.50. The third-order valence-corrected chi connectivity index (χ3v) is 3.67. The molecular formula is C14H15O3P. The van der Waals surface area contributed by atoms with Crippen molar-refractivity contribution in [2.45, 2.75) is 5.92 Å². The van der Waals surface area contributed by atoms with E-state index in [2.05, 4.69) is 0 Å². The zero-order valence-electron chi connectivity index (χ0n) is 9.81. The van der Waals surface area contributed by atoms with Gasteiger partial charge in [0.2, 0.25) is 0 Å². The van der Waals surface area contributed by atoms with E-state index in [1.54, 1.807) is 0 Å². The molecule has 0 amide bonds. The van der Waals surface area contributed by atoms with Crippen LogP contribution in [0.25, 0.3) is 0 Å². The Balaban J connectivity index is 2.39. The summed E-state index contributed by atoms with van der Waals surface area (Å²) in [5, 5.41) is 0. The molecule has 3 nitrogen and oxygen atoms in total. The second kappa shape index (κ2) is 5.49. The smallest absolute Gasteiger partial charge is 0.324 e. The van der Waals surface area contributed by atoms with Gasteiger partial charge in [0.1, 0.15) is 0 Å². The van der Waals surface area contributed by atoms with Crippen LogP contribution in [0.2, 0.25) is 0 Å². The van der Waals surface area contributed by atoms with Crippen LogP contribution in [0.4, 0.5) is 0 Å². The molecule has 18 heavy (non-hydrogen) atoms. The lowest BCUT2D eigenvalue weighted by atomic mass is 9.93. The Bertz CT molecular complexity index is 494. The molecule has 0 spiro atoms. The van der Waals surface area contributed by atoms with Crippen LogP contribution in [0, 0.1) is 0 Å². The Labute approximate surface area is 106 Å². The van der Waals surface area contributed by atoms with E-state index < -0.39 is 7.60 Å². The lowest BCUT2D eigenvalue weighted by Gasteiger charge is -2.18. The van der Waals surface area contributed by atoms with Crippen molar-refractivity contribution in [3.63, 3.8) is 0 Å². The standard InChI is InChI=1S/C14H15O3P/c15-18(16,17)11-14(12-7-3-1-4-8-12)13-9-5-2-6-10-13/h1-10,14H,11H2,(H2,15,16,17). The second-order valence-corrected chi connectivity index (χ2v) is 5.92. The van der Waals surface area contributed by atoms with E-state index in [-0.39, 0.29) is 12.1 Å². The zero-order chi connectivity index (χ0) is 13.0. The fourth-order valence-corrected chi connectivity index (χ4v) is 2.91. The van der Waals surface area contributed by atoms with Crippen molar-refractivity contribution in [2.75, 3.05) is 6.16 Å². The summed E-state index contributed by atoms with van der Waals surface area (Å²) >= 11 is 0. The molecule has 0 bridgehead atoms. The van der Waals surface area contributed by atoms with Gasteiger partial charge in [-0.1, -0.05) is 60.7 Å². The van der Waals surface area contributed by atoms with Crippen molar-refractivity contribution in [3.8, 4) is 0 Å². The molecule has 0 aliphatic rings. The molecule has 2 aromatic carbocycles. The van der Waals surface area contributed by atoms with Crippen LogP contribution in [0.3, 0.4) is 0 Å². The van der Waals surface area contributed by atoms with E-state index in [1.165, 1.54) is 0 Å². The number of hydrogen-bond donors (Lipinski definition) is 2. The predicted molar refractivity (Wildman–Crippen MR) is 71.6 cm³/mol. The molecule has 0 aliphatic carbocycles. The molecule has 0 saturated heterocycles. The highest BCUT2D eigenvalue weighted by atomic mass is 31.2. The minimum absolute atomic E-state index is 0.166. The van der Waals surface area contributed by atoms with Crippen LogP contribution in [0.1, 0.15) is 17.0 Å². The van der Waals surface area contributed by atoms with Gasteiger partial charge in [0.25, 0.3) is 0 Å². The minimum atomic E-state index is -4.05. The maximum absolute atomic E-state index is 11.3. The van der Waals surface area contributed by atoms with Crippen molar-refractivity contribution in [1.82, 2.24) is 0 Å². The molecule has 94 valence electrons. The van der Waals surface area contributed by atoms with Crippen LogP contribution in [-0.2, 0) is 4.57 Å². The van der Waals surface area contributed by atoms with Gasteiger partial charge in [0.15, 0.2) is 0 Å².